The molecule has 132 valence electrons. The summed E-state index contributed by atoms with van der Waals surface area (Å²) < 4.78 is 36.4. The van der Waals surface area contributed by atoms with Crippen molar-refractivity contribution in [2.75, 3.05) is 13.1 Å². The van der Waals surface area contributed by atoms with Crippen molar-refractivity contribution in [3.8, 4) is 0 Å². The SMILES string of the molecule is CCN(CC)S(=O)(=O)c1cccc(C(=O)O[C@@H]2C[C@@H](C)OC2=O)c1. The molecule has 8 heteroatoms. The summed E-state index contributed by atoms with van der Waals surface area (Å²) in [6, 6.07) is 5.62. The highest BCUT2D eigenvalue weighted by Crippen LogP contribution is 2.21. The molecule has 1 saturated heterocycles. The van der Waals surface area contributed by atoms with Crippen LogP contribution in [0.5, 0.6) is 0 Å². The average molecular weight is 355 g/mol. The zero-order valence-corrected chi connectivity index (χ0v) is 14.7. The molecule has 0 bridgehead atoms. The van der Waals surface area contributed by atoms with E-state index in [1.54, 1.807) is 20.8 Å². The number of carbonyl (C=O) groups excluding carboxylic acids is 2. The van der Waals surface area contributed by atoms with Gasteiger partial charge in [-0.2, -0.15) is 4.31 Å². The minimum Gasteiger partial charge on any atom is -0.460 e. The zero-order valence-electron chi connectivity index (χ0n) is 13.9. The lowest BCUT2D eigenvalue weighted by molar-refractivity contribution is -0.147. The number of esters is 2. The van der Waals surface area contributed by atoms with Crippen LogP contribution < -0.4 is 0 Å². The van der Waals surface area contributed by atoms with Crippen LogP contribution >= 0.6 is 0 Å². The lowest BCUT2D eigenvalue weighted by atomic mass is 10.2. The van der Waals surface area contributed by atoms with E-state index in [0.29, 0.717) is 19.5 Å². The Morgan fingerprint density at radius 2 is 2.00 bits per heavy atom. The van der Waals surface area contributed by atoms with E-state index in [9.17, 15) is 18.0 Å². The molecule has 7 nitrogen and oxygen atoms in total. The van der Waals surface area contributed by atoms with Gasteiger partial charge in [0.05, 0.1) is 10.5 Å². The molecule has 0 amide bonds. The van der Waals surface area contributed by atoms with Crippen molar-refractivity contribution >= 4 is 22.0 Å². The van der Waals surface area contributed by atoms with Crippen molar-refractivity contribution in [2.45, 2.75) is 44.3 Å². The summed E-state index contributed by atoms with van der Waals surface area (Å²) in [5.41, 5.74) is 0.0792. The van der Waals surface area contributed by atoms with Crippen LogP contribution in [0, 0.1) is 0 Å². The van der Waals surface area contributed by atoms with E-state index in [4.69, 9.17) is 9.47 Å². The maximum atomic E-state index is 12.5. The number of benzene rings is 1. The van der Waals surface area contributed by atoms with Crippen LogP contribution in [-0.4, -0.2) is 50.0 Å². The lowest BCUT2D eigenvalue weighted by Gasteiger charge is -2.18. The Labute approximate surface area is 141 Å². The minimum absolute atomic E-state index is 0.0167. The van der Waals surface area contributed by atoms with Gasteiger partial charge in [-0.1, -0.05) is 19.9 Å². The number of ether oxygens (including phenoxy) is 2. The summed E-state index contributed by atoms with van der Waals surface area (Å²) in [5, 5.41) is 0. The number of sulfonamides is 1. The van der Waals surface area contributed by atoms with Crippen molar-refractivity contribution in [1.29, 1.82) is 0 Å². The highest BCUT2D eigenvalue weighted by atomic mass is 32.2. The van der Waals surface area contributed by atoms with Gasteiger partial charge < -0.3 is 9.47 Å². The zero-order chi connectivity index (χ0) is 17.9. The first-order valence-corrected chi connectivity index (χ1v) is 9.25. The molecule has 0 aliphatic carbocycles. The van der Waals surface area contributed by atoms with Gasteiger partial charge in [-0.15, -0.1) is 0 Å². The largest absolute Gasteiger partial charge is 0.460 e. The number of hydrogen-bond donors (Lipinski definition) is 0. The number of nitrogens with zero attached hydrogens (tertiary/aromatic N) is 1. The van der Waals surface area contributed by atoms with E-state index in [-0.39, 0.29) is 16.6 Å². The van der Waals surface area contributed by atoms with E-state index in [0.717, 1.165) is 0 Å². The fourth-order valence-electron chi connectivity index (χ4n) is 2.51. The van der Waals surface area contributed by atoms with Gasteiger partial charge in [0.15, 0.2) is 0 Å². The summed E-state index contributed by atoms with van der Waals surface area (Å²) in [5.74, 6) is -1.33. The van der Waals surface area contributed by atoms with Crippen molar-refractivity contribution in [3.63, 3.8) is 0 Å². The molecule has 0 saturated carbocycles. The fourth-order valence-corrected chi connectivity index (χ4v) is 4.01. The van der Waals surface area contributed by atoms with Crippen molar-refractivity contribution in [2.24, 2.45) is 0 Å². The second-order valence-electron chi connectivity index (χ2n) is 5.49. The molecule has 0 radical (unpaired) electrons. The summed E-state index contributed by atoms with van der Waals surface area (Å²) in [6.45, 7) is 5.86. The highest BCUT2D eigenvalue weighted by Gasteiger charge is 2.35. The van der Waals surface area contributed by atoms with E-state index in [2.05, 4.69) is 0 Å². The molecule has 0 aromatic heterocycles. The van der Waals surface area contributed by atoms with Gasteiger partial charge in [0, 0.05) is 19.5 Å². The Bertz CT molecular complexity index is 726. The Hall–Kier alpha value is -1.93. The van der Waals surface area contributed by atoms with Gasteiger partial charge in [0.25, 0.3) is 0 Å². The van der Waals surface area contributed by atoms with E-state index >= 15 is 0 Å². The molecule has 1 fully saturated rings. The maximum absolute atomic E-state index is 12.5. The van der Waals surface area contributed by atoms with Crippen LogP contribution in [0.25, 0.3) is 0 Å². The molecule has 0 N–H and O–H groups in total. The van der Waals surface area contributed by atoms with E-state index in [1.165, 1.54) is 28.6 Å². The van der Waals surface area contributed by atoms with Crippen LogP contribution in [0.4, 0.5) is 0 Å². The molecule has 1 aromatic rings. The predicted octanol–water partition coefficient (Wildman–Crippen LogP) is 1.58. The first kappa shape index (κ1) is 18.4. The van der Waals surface area contributed by atoms with Gasteiger partial charge >= 0.3 is 11.9 Å². The Morgan fingerprint density at radius 1 is 1.33 bits per heavy atom. The molecule has 24 heavy (non-hydrogen) atoms. The Morgan fingerprint density at radius 3 is 2.54 bits per heavy atom. The average Bonchev–Trinajstić information content (AvgIpc) is 2.86. The van der Waals surface area contributed by atoms with Gasteiger partial charge in [0.1, 0.15) is 6.10 Å². The number of hydrogen-bond acceptors (Lipinski definition) is 6. The third-order valence-electron chi connectivity index (χ3n) is 3.79. The van der Waals surface area contributed by atoms with Crippen LogP contribution in [0.15, 0.2) is 29.2 Å². The summed E-state index contributed by atoms with van der Waals surface area (Å²) in [7, 11) is -3.67. The number of rotatable bonds is 6. The minimum atomic E-state index is -3.67. The molecule has 1 aliphatic heterocycles. The van der Waals surface area contributed by atoms with Crippen molar-refractivity contribution in [3.05, 3.63) is 29.8 Å². The van der Waals surface area contributed by atoms with Gasteiger partial charge in [-0.3, -0.25) is 0 Å². The van der Waals surface area contributed by atoms with Crippen LogP contribution in [0.2, 0.25) is 0 Å². The summed E-state index contributed by atoms with van der Waals surface area (Å²) >= 11 is 0. The maximum Gasteiger partial charge on any atom is 0.347 e. The molecule has 1 aliphatic rings. The molecule has 1 heterocycles. The topological polar surface area (TPSA) is 90.0 Å². The predicted molar refractivity (Wildman–Crippen MR) is 85.9 cm³/mol. The molecule has 2 atom stereocenters. The fraction of sp³-hybridized carbons (Fsp3) is 0.500. The number of cyclic esters (lactones) is 1. The third kappa shape index (κ3) is 3.76. The molecule has 0 unspecified atom stereocenters. The van der Waals surface area contributed by atoms with Gasteiger partial charge in [0.2, 0.25) is 16.1 Å². The summed E-state index contributed by atoms with van der Waals surface area (Å²) in [4.78, 5) is 23.8. The second-order valence-corrected chi connectivity index (χ2v) is 7.43. The standard InChI is InChI=1S/C16H21NO6S/c1-4-17(5-2)24(20,21)13-8-6-7-12(10-13)15(18)23-14-9-11(3)22-16(14)19/h6-8,10-11,14H,4-5,9H2,1-3H3/t11-,14-/m1/s1. The lowest BCUT2D eigenvalue weighted by Crippen LogP contribution is -2.30. The second kappa shape index (κ2) is 7.31. The molecule has 2 rings (SSSR count). The smallest absolute Gasteiger partial charge is 0.347 e. The first-order valence-electron chi connectivity index (χ1n) is 7.81. The van der Waals surface area contributed by atoms with Crippen LogP contribution in [0.3, 0.4) is 0 Å². The Balaban J connectivity index is 2.21. The number of carbonyl (C=O) groups is 2. The quantitative estimate of drug-likeness (QED) is 0.720. The third-order valence-corrected chi connectivity index (χ3v) is 5.83. The molecule has 1 aromatic carbocycles. The van der Waals surface area contributed by atoms with E-state index in [1.807, 2.05) is 0 Å². The monoisotopic (exact) mass is 355 g/mol. The molecular weight excluding hydrogens is 334 g/mol. The van der Waals surface area contributed by atoms with Gasteiger partial charge in [-0.05, 0) is 25.1 Å². The highest BCUT2D eigenvalue weighted by molar-refractivity contribution is 7.89. The van der Waals surface area contributed by atoms with Gasteiger partial charge in [-0.25, -0.2) is 18.0 Å². The van der Waals surface area contributed by atoms with E-state index < -0.39 is 28.1 Å². The van der Waals surface area contributed by atoms with Crippen molar-refractivity contribution < 1.29 is 27.5 Å². The molecular formula is C16H21NO6S. The first-order chi connectivity index (χ1) is 11.3. The van der Waals surface area contributed by atoms with Crippen LogP contribution in [-0.2, 0) is 24.3 Å². The normalized spacial score (nSPS) is 20.9. The van der Waals surface area contributed by atoms with Crippen molar-refractivity contribution in [1.82, 2.24) is 4.31 Å². The Kier molecular flexibility index (Phi) is 5.61. The van der Waals surface area contributed by atoms with Crippen LogP contribution in [0.1, 0.15) is 37.6 Å². The summed E-state index contributed by atoms with van der Waals surface area (Å²) in [6.07, 6.45) is -0.956. The molecule has 0 spiro atoms.